The molecule has 2 aromatic carbocycles. The van der Waals surface area contributed by atoms with E-state index in [1.807, 2.05) is 0 Å². The van der Waals surface area contributed by atoms with Gasteiger partial charge in [0.15, 0.2) is 0 Å². The topological polar surface area (TPSA) is 81.9 Å². The standard InChI is InChI=1S/C21H21F3N2O4/c22-21(23,24)30-18-6-2-5-17(13-18)29-16-7-9-26(10-8-16)20(28)15-4-1-3-14(11-15)12-19(25)27/h1-6,11,13,16H,7-10,12H2,(H2,25,27). The number of hydrogen-bond donors (Lipinski definition) is 1. The molecule has 1 aliphatic rings. The molecule has 6 nitrogen and oxygen atoms in total. The number of halogens is 3. The largest absolute Gasteiger partial charge is 0.573 e. The molecule has 30 heavy (non-hydrogen) atoms. The maximum Gasteiger partial charge on any atom is 0.573 e. The summed E-state index contributed by atoms with van der Waals surface area (Å²) >= 11 is 0. The van der Waals surface area contributed by atoms with Gasteiger partial charge >= 0.3 is 6.36 Å². The van der Waals surface area contributed by atoms with Crippen molar-refractivity contribution in [2.24, 2.45) is 5.73 Å². The van der Waals surface area contributed by atoms with Crippen LogP contribution in [0.25, 0.3) is 0 Å². The Morgan fingerprint density at radius 1 is 1.03 bits per heavy atom. The molecule has 0 aromatic heterocycles. The second kappa shape index (κ2) is 9.06. The highest BCUT2D eigenvalue weighted by molar-refractivity contribution is 5.94. The molecule has 0 atom stereocenters. The van der Waals surface area contributed by atoms with Crippen LogP contribution >= 0.6 is 0 Å². The first-order valence-corrected chi connectivity index (χ1v) is 9.38. The molecule has 2 N–H and O–H groups in total. The van der Waals surface area contributed by atoms with Crippen LogP contribution < -0.4 is 15.2 Å². The van der Waals surface area contributed by atoms with Gasteiger partial charge in [-0.2, -0.15) is 0 Å². The highest BCUT2D eigenvalue weighted by Gasteiger charge is 2.31. The van der Waals surface area contributed by atoms with E-state index >= 15 is 0 Å². The van der Waals surface area contributed by atoms with Crippen molar-refractivity contribution >= 4 is 11.8 Å². The molecule has 0 unspecified atom stereocenters. The van der Waals surface area contributed by atoms with E-state index in [0.29, 0.717) is 37.1 Å². The van der Waals surface area contributed by atoms with Crippen molar-refractivity contribution in [3.8, 4) is 11.5 Å². The SMILES string of the molecule is NC(=O)Cc1cccc(C(=O)N2CCC(Oc3cccc(OC(F)(F)F)c3)CC2)c1. The molecule has 0 radical (unpaired) electrons. The number of amides is 2. The van der Waals surface area contributed by atoms with Crippen LogP contribution in [-0.2, 0) is 11.2 Å². The van der Waals surface area contributed by atoms with Gasteiger partial charge in [-0.15, -0.1) is 13.2 Å². The average molecular weight is 422 g/mol. The van der Waals surface area contributed by atoms with Gasteiger partial charge in [0.05, 0.1) is 6.42 Å². The molecular weight excluding hydrogens is 401 g/mol. The molecule has 2 amide bonds. The zero-order chi connectivity index (χ0) is 21.7. The number of alkyl halides is 3. The zero-order valence-corrected chi connectivity index (χ0v) is 16.0. The Morgan fingerprint density at radius 3 is 2.37 bits per heavy atom. The fourth-order valence-corrected chi connectivity index (χ4v) is 3.31. The first kappa shape index (κ1) is 21.5. The highest BCUT2D eigenvalue weighted by atomic mass is 19.4. The summed E-state index contributed by atoms with van der Waals surface area (Å²) in [5, 5.41) is 0. The lowest BCUT2D eigenvalue weighted by molar-refractivity contribution is -0.274. The first-order chi connectivity index (χ1) is 14.2. The summed E-state index contributed by atoms with van der Waals surface area (Å²) in [5.41, 5.74) is 6.35. The molecule has 0 aliphatic carbocycles. The maximum absolute atomic E-state index is 12.7. The molecule has 160 valence electrons. The van der Waals surface area contributed by atoms with E-state index in [0.717, 1.165) is 0 Å². The number of primary amides is 1. The third-order valence-electron chi connectivity index (χ3n) is 4.62. The molecule has 0 saturated carbocycles. The second-order valence-corrected chi connectivity index (χ2v) is 6.98. The van der Waals surface area contributed by atoms with Crippen molar-refractivity contribution in [3.05, 3.63) is 59.7 Å². The first-order valence-electron chi connectivity index (χ1n) is 9.38. The number of carbonyl (C=O) groups excluding carboxylic acids is 2. The Hall–Kier alpha value is -3.23. The van der Waals surface area contributed by atoms with E-state index in [2.05, 4.69) is 4.74 Å². The second-order valence-electron chi connectivity index (χ2n) is 6.98. The van der Waals surface area contributed by atoms with E-state index in [4.69, 9.17) is 10.5 Å². The van der Waals surface area contributed by atoms with Crippen LogP contribution in [0.15, 0.2) is 48.5 Å². The van der Waals surface area contributed by atoms with Gasteiger partial charge in [0.25, 0.3) is 5.91 Å². The maximum atomic E-state index is 12.7. The van der Waals surface area contributed by atoms with Gasteiger partial charge in [-0.3, -0.25) is 9.59 Å². The molecule has 1 fully saturated rings. The summed E-state index contributed by atoms with van der Waals surface area (Å²) in [4.78, 5) is 25.5. The van der Waals surface area contributed by atoms with Gasteiger partial charge in [-0.25, -0.2) is 0 Å². The molecule has 0 spiro atoms. The van der Waals surface area contributed by atoms with Gasteiger partial charge in [-0.1, -0.05) is 18.2 Å². The van der Waals surface area contributed by atoms with E-state index in [-0.39, 0.29) is 29.9 Å². The lowest BCUT2D eigenvalue weighted by Crippen LogP contribution is -2.41. The summed E-state index contributed by atoms with van der Waals surface area (Å²) in [6, 6.07) is 12.2. The number of piperidine rings is 1. The van der Waals surface area contributed by atoms with Crippen molar-refractivity contribution in [1.82, 2.24) is 4.90 Å². The predicted molar refractivity (Wildman–Crippen MR) is 102 cm³/mol. The number of rotatable bonds is 6. The smallest absolute Gasteiger partial charge is 0.490 e. The number of benzene rings is 2. The van der Waals surface area contributed by atoms with Crippen molar-refractivity contribution < 1.29 is 32.2 Å². The van der Waals surface area contributed by atoms with Gasteiger partial charge in [0, 0.05) is 37.6 Å². The highest BCUT2D eigenvalue weighted by Crippen LogP contribution is 2.28. The molecular formula is C21H21F3N2O4. The number of likely N-dealkylation sites (tertiary alicyclic amines) is 1. The van der Waals surface area contributed by atoms with Gasteiger partial charge in [-0.05, 0) is 29.8 Å². The number of ether oxygens (including phenoxy) is 2. The minimum Gasteiger partial charge on any atom is -0.490 e. The van der Waals surface area contributed by atoms with Crippen LogP contribution in [0.2, 0.25) is 0 Å². The van der Waals surface area contributed by atoms with Crippen molar-refractivity contribution in [2.45, 2.75) is 31.7 Å². The molecule has 2 aromatic rings. The molecule has 0 bridgehead atoms. The van der Waals surface area contributed by atoms with E-state index < -0.39 is 12.3 Å². The Morgan fingerprint density at radius 2 is 1.70 bits per heavy atom. The minimum absolute atomic E-state index is 0.0636. The van der Waals surface area contributed by atoms with Gasteiger partial charge in [0.2, 0.25) is 5.91 Å². The summed E-state index contributed by atoms with van der Waals surface area (Å²) in [6.07, 6.45) is -3.85. The van der Waals surface area contributed by atoms with Crippen LogP contribution in [0.5, 0.6) is 11.5 Å². The fourth-order valence-electron chi connectivity index (χ4n) is 3.31. The van der Waals surface area contributed by atoms with Crippen LogP contribution in [0.3, 0.4) is 0 Å². The fraction of sp³-hybridized carbons (Fsp3) is 0.333. The van der Waals surface area contributed by atoms with E-state index in [1.165, 1.54) is 18.2 Å². The average Bonchev–Trinajstić information content (AvgIpc) is 2.67. The minimum atomic E-state index is -4.76. The van der Waals surface area contributed by atoms with Crippen molar-refractivity contribution in [3.63, 3.8) is 0 Å². The van der Waals surface area contributed by atoms with Gasteiger partial charge in [0.1, 0.15) is 17.6 Å². The van der Waals surface area contributed by atoms with Gasteiger partial charge < -0.3 is 20.1 Å². The Kier molecular flexibility index (Phi) is 6.49. The summed E-state index contributed by atoms with van der Waals surface area (Å²) in [7, 11) is 0. The predicted octanol–water partition coefficient (Wildman–Crippen LogP) is 3.30. The molecule has 1 aliphatic heterocycles. The van der Waals surface area contributed by atoms with Crippen LogP contribution in [0, 0.1) is 0 Å². The summed E-state index contributed by atoms with van der Waals surface area (Å²) < 4.78 is 46.7. The van der Waals surface area contributed by atoms with Crippen molar-refractivity contribution in [2.75, 3.05) is 13.1 Å². The number of nitrogens with zero attached hydrogens (tertiary/aromatic N) is 1. The molecule has 1 heterocycles. The normalized spacial score (nSPS) is 15.0. The van der Waals surface area contributed by atoms with Crippen LogP contribution in [0.4, 0.5) is 13.2 Å². The third kappa shape index (κ3) is 6.13. The van der Waals surface area contributed by atoms with E-state index in [9.17, 15) is 22.8 Å². The van der Waals surface area contributed by atoms with Crippen LogP contribution in [0.1, 0.15) is 28.8 Å². The quantitative estimate of drug-likeness (QED) is 0.775. The Bertz CT molecular complexity index is 909. The number of hydrogen-bond acceptors (Lipinski definition) is 4. The third-order valence-corrected chi connectivity index (χ3v) is 4.62. The Balaban J connectivity index is 1.55. The molecule has 9 heteroatoms. The molecule has 1 saturated heterocycles. The number of nitrogens with two attached hydrogens (primary N) is 1. The monoisotopic (exact) mass is 422 g/mol. The molecule has 3 rings (SSSR count). The van der Waals surface area contributed by atoms with E-state index in [1.54, 1.807) is 35.2 Å². The Labute approximate surface area is 171 Å². The summed E-state index contributed by atoms with van der Waals surface area (Å²) in [5.74, 6) is -0.688. The summed E-state index contributed by atoms with van der Waals surface area (Å²) in [6.45, 7) is 0.893. The lowest BCUT2D eigenvalue weighted by atomic mass is 10.0. The lowest BCUT2D eigenvalue weighted by Gasteiger charge is -2.32. The number of carbonyl (C=O) groups is 2. The van der Waals surface area contributed by atoms with Crippen LogP contribution in [-0.4, -0.2) is 42.3 Å². The zero-order valence-electron chi connectivity index (χ0n) is 16.0. The van der Waals surface area contributed by atoms with Crippen molar-refractivity contribution in [1.29, 1.82) is 0 Å².